The van der Waals surface area contributed by atoms with Gasteiger partial charge in [0, 0.05) is 0 Å². The van der Waals surface area contributed by atoms with Crippen molar-refractivity contribution in [1.29, 1.82) is 0 Å². The summed E-state index contributed by atoms with van der Waals surface area (Å²) >= 11 is 0. The van der Waals surface area contributed by atoms with Crippen LogP contribution in [0.1, 0.15) is 6.42 Å². The Kier molecular flexibility index (Phi) is 3.58. The molecule has 0 aromatic rings. The molecule has 0 saturated carbocycles. The summed E-state index contributed by atoms with van der Waals surface area (Å²) in [6.45, 7) is 0. The van der Waals surface area contributed by atoms with Crippen LogP contribution in [0.15, 0.2) is 24.3 Å². The molecule has 6 heavy (non-hydrogen) atoms. The smallest absolute Gasteiger partial charge is 0.0808 e. The molecular formula is C5H6Mg+2. The zero-order valence-electron chi connectivity index (χ0n) is 3.72. The Hall–Kier alpha value is 0.246. The molecule has 0 spiro atoms. The number of rotatable bonds is 0. The molecule has 1 aliphatic carbocycles. The van der Waals surface area contributed by atoms with Gasteiger partial charge < -0.3 is 0 Å². The van der Waals surface area contributed by atoms with E-state index in [0.717, 1.165) is 6.42 Å². The van der Waals surface area contributed by atoms with Crippen LogP contribution in [0.25, 0.3) is 0 Å². The van der Waals surface area contributed by atoms with Crippen molar-refractivity contribution >= 4 is 23.1 Å². The van der Waals surface area contributed by atoms with E-state index in [0.29, 0.717) is 0 Å². The van der Waals surface area contributed by atoms with Crippen LogP contribution in [0, 0.1) is 0 Å². The Morgan fingerprint density at radius 2 is 1.50 bits per heavy atom. The summed E-state index contributed by atoms with van der Waals surface area (Å²) in [5, 5.41) is 0. The molecule has 0 unspecified atom stereocenters. The van der Waals surface area contributed by atoms with Gasteiger partial charge in [0.15, 0.2) is 0 Å². The van der Waals surface area contributed by atoms with Gasteiger partial charge in [-0.25, -0.2) is 0 Å². The van der Waals surface area contributed by atoms with Gasteiger partial charge in [-0.15, -0.1) is 0 Å². The van der Waals surface area contributed by atoms with E-state index in [1.165, 1.54) is 0 Å². The van der Waals surface area contributed by atoms with Crippen LogP contribution in [0.5, 0.6) is 0 Å². The fourth-order valence-corrected chi connectivity index (χ4v) is 0.393. The van der Waals surface area contributed by atoms with Gasteiger partial charge in [0.1, 0.15) is 0 Å². The predicted molar refractivity (Wildman–Crippen MR) is 28.7 cm³/mol. The van der Waals surface area contributed by atoms with Gasteiger partial charge in [0.25, 0.3) is 0 Å². The molecule has 0 bridgehead atoms. The molecule has 0 aromatic carbocycles. The molecule has 0 atom stereocenters. The van der Waals surface area contributed by atoms with Gasteiger partial charge in [-0.1, -0.05) is 24.3 Å². The Bertz CT molecular complexity index is 62.0. The first-order valence-corrected chi connectivity index (χ1v) is 1.82. The normalized spacial score (nSPS) is 14.7. The Balaban J connectivity index is 0.000000250. The number of hydrogen-bond acceptors (Lipinski definition) is 0. The van der Waals surface area contributed by atoms with E-state index in [1.807, 2.05) is 0 Å². The summed E-state index contributed by atoms with van der Waals surface area (Å²) in [6, 6.07) is 0. The van der Waals surface area contributed by atoms with Gasteiger partial charge in [-0.05, 0) is 6.42 Å². The van der Waals surface area contributed by atoms with E-state index in [2.05, 4.69) is 24.3 Å². The van der Waals surface area contributed by atoms with E-state index in [9.17, 15) is 0 Å². The van der Waals surface area contributed by atoms with Crippen molar-refractivity contribution in [3.63, 3.8) is 0 Å². The Morgan fingerprint density at radius 3 is 1.67 bits per heavy atom. The van der Waals surface area contributed by atoms with Crippen LogP contribution in [0.4, 0.5) is 0 Å². The maximum Gasteiger partial charge on any atom is 2.00 e. The first-order valence-electron chi connectivity index (χ1n) is 1.82. The van der Waals surface area contributed by atoms with Crippen LogP contribution in [0.3, 0.4) is 0 Å². The third-order valence-electron chi connectivity index (χ3n) is 0.655. The SMILES string of the molecule is C1=CCC=C1.[Mg+2]. The molecule has 1 rings (SSSR count). The maximum atomic E-state index is 2.12. The van der Waals surface area contributed by atoms with Crippen molar-refractivity contribution in [2.24, 2.45) is 0 Å². The molecule has 0 N–H and O–H groups in total. The molecule has 0 nitrogen and oxygen atoms in total. The molecule has 0 fully saturated rings. The summed E-state index contributed by atoms with van der Waals surface area (Å²) in [6.07, 6.45) is 9.50. The molecule has 0 amide bonds. The fourth-order valence-electron chi connectivity index (χ4n) is 0.393. The summed E-state index contributed by atoms with van der Waals surface area (Å²) in [4.78, 5) is 0. The van der Waals surface area contributed by atoms with E-state index in [-0.39, 0.29) is 23.1 Å². The second kappa shape index (κ2) is 3.44. The first kappa shape index (κ1) is 6.25. The van der Waals surface area contributed by atoms with E-state index in [4.69, 9.17) is 0 Å². The van der Waals surface area contributed by atoms with Gasteiger partial charge in [0.05, 0.1) is 0 Å². The Labute approximate surface area is 54.1 Å². The van der Waals surface area contributed by atoms with Crippen molar-refractivity contribution < 1.29 is 0 Å². The molecule has 0 radical (unpaired) electrons. The predicted octanol–water partition coefficient (Wildman–Crippen LogP) is 1.12. The van der Waals surface area contributed by atoms with Gasteiger partial charge in [-0.2, -0.15) is 0 Å². The van der Waals surface area contributed by atoms with Crippen LogP contribution < -0.4 is 0 Å². The minimum atomic E-state index is 0. The van der Waals surface area contributed by atoms with Crippen LogP contribution in [0.2, 0.25) is 0 Å². The van der Waals surface area contributed by atoms with E-state index >= 15 is 0 Å². The summed E-state index contributed by atoms with van der Waals surface area (Å²) < 4.78 is 0. The van der Waals surface area contributed by atoms with Crippen molar-refractivity contribution in [2.75, 3.05) is 0 Å². The van der Waals surface area contributed by atoms with Gasteiger partial charge >= 0.3 is 23.1 Å². The third kappa shape index (κ3) is 1.63. The van der Waals surface area contributed by atoms with Crippen molar-refractivity contribution in [2.45, 2.75) is 6.42 Å². The average molecular weight is 90.4 g/mol. The maximum absolute atomic E-state index is 2.12. The van der Waals surface area contributed by atoms with E-state index < -0.39 is 0 Å². The summed E-state index contributed by atoms with van der Waals surface area (Å²) in [5.74, 6) is 0. The fraction of sp³-hybridized carbons (Fsp3) is 0.200. The molecule has 26 valence electrons. The molecular weight excluding hydrogens is 84.4 g/mol. The van der Waals surface area contributed by atoms with Crippen LogP contribution >= 0.6 is 0 Å². The van der Waals surface area contributed by atoms with Crippen molar-refractivity contribution in [1.82, 2.24) is 0 Å². The number of allylic oxidation sites excluding steroid dienone is 4. The largest absolute Gasteiger partial charge is 2.00 e. The van der Waals surface area contributed by atoms with Crippen LogP contribution in [-0.2, 0) is 0 Å². The number of hydrogen-bond donors (Lipinski definition) is 0. The minimum Gasteiger partial charge on any atom is -0.0808 e. The standard InChI is InChI=1S/C5H6.Mg/c1-2-4-5-3-1;/h1-4H,5H2;/q;+2. The zero-order chi connectivity index (χ0) is 3.54. The minimum absolute atomic E-state index is 0. The summed E-state index contributed by atoms with van der Waals surface area (Å²) in [7, 11) is 0. The molecule has 0 heterocycles. The zero-order valence-corrected chi connectivity index (χ0v) is 5.14. The van der Waals surface area contributed by atoms with Crippen molar-refractivity contribution in [3.05, 3.63) is 24.3 Å². The molecule has 1 heteroatoms. The van der Waals surface area contributed by atoms with Crippen LogP contribution in [-0.4, -0.2) is 23.1 Å². The quantitative estimate of drug-likeness (QED) is 0.391. The van der Waals surface area contributed by atoms with Gasteiger partial charge in [-0.3, -0.25) is 0 Å². The van der Waals surface area contributed by atoms with E-state index in [1.54, 1.807) is 0 Å². The molecule has 0 saturated heterocycles. The topological polar surface area (TPSA) is 0 Å². The first-order chi connectivity index (χ1) is 2.50. The monoisotopic (exact) mass is 90.0 g/mol. The summed E-state index contributed by atoms with van der Waals surface area (Å²) in [5.41, 5.74) is 0. The van der Waals surface area contributed by atoms with Crippen molar-refractivity contribution in [3.8, 4) is 0 Å². The second-order valence-electron chi connectivity index (χ2n) is 1.09. The molecule has 0 aliphatic heterocycles. The average Bonchev–Trinajstić information content (AvgIpc) is 1.76. The Morgan fingerprint density at radius 1 is 1.00 bits per heavy atom. The third-order valence-corrected chi connectivity index (χ3v) is 0.655. The molecule has 1 aliphatic rings. The second-order valence-corrected chi connectivity index (χ2v) is 1.09. The van der Waals surface area contributed by atoms with Gasteiger partial charge in [0.2, 0.25) is 0 Å². The molecule has 0 aromatic heterocycles.